The van der Waals surface area contributed by atoms with Gasteiger partial charge in [-0.05, 0) is 18.6 Å². The number of hydrogen-bond acceptors (Lipinski definition) is 10. The van der Waals surface area contributed by atoms with Crippen LogP contribution in [0.3, 0.4) is 0 Å². The van der Waals surface area contributed by atoms with Gasteiger partial charge in [0, 0.05) is 6.54 Å². The number of nitrogens with zero attached hydrogens (tertiary/aromatic N) is 3. The quantitative estimate of drug-likeness (QED) is 0.345. The van der Waals surface area contributed by atoms with E-state index in [2.05, 4.69) is 20.5 Å². The zero-order chi connectivity index (χ0) is 20.1. The third-order valence-electron chi connectivity index (χ3n) is 3.69. The molecule has 0 amide bonds. The van der Waals surface area contributed by atoms with Crippen molar-refractivity contribution in [2.45, 2.75) is 30.8 Å². The number of nitrogens with two attached hydrogens (primary N) is 1. The molecule has 12 heteroatoms. The summed E-state index contributed by atoms with van der Waals surface area (Å²) in [4.78, 5) is 38.5. The Labute approximate surface area is 167 Å². The Morgan fingerprint density at radius 1 is 1.43 bits per heavy atom. The molecule has 3 aromatic heterocycles. The van der Waals surface area contributed by atoms with Crippen LogP contribution in [0.25, 0.3) is 0 Å². The van der Waals surface area contributed by atoms with Crippen LogP contribution in [0.2, 0.25) is 0 Å². The van der Waals surface area contributed by atoms with Crippen LogP contribution < -0.4 is 22.3 Å². The van der Waals surface area contributed by atoms with E-state index in [1.807, 2.05) is 13.0 Å². The zero-order valence-electron chi connectivity index (χ0n) is 14.9. The minimum Gasteiger partial charge on any atom is -0.467 e. The van der Waals surface area contributed by atoms with Gasteiger partial charge in [0.05, 0.1) is 18.6 Å². The molecule has 0 radical (unpaired) electrons. The van der Waals surface area contributed by atoms with E-state index in [9.17, 15) is 14.4 Å². The average Bonchev–Trinajstić information content (AvgIpc) is 3.33. The Bertz CT molecular complexity index is 1070. The molecule has 0 saturated heterocycles. The van der Waals surface area contributed by atoms with Crippen LogP contribution in [0.5, 0.6) is 0 Å². The molecule has 3 rings (SSSR count). The number of rotatable bonds is 9. The van der Waals surface area contributed by atoms with Gasteiger partial charge in [-0.1, -0.05) is 30.0 Å². The zero-order valence-corrected chi connectivity index (χ0v) is 16.6. The molecule has 0 bridgehead atoms. The summed E-state index contributed by atoms with van der Waals surface area (Å²) in [6.45, 7) is 2.65. The first-order chi connectivity index (χ1) is 13.5. The highest BCUT2D eigenvalue weighted by Gasteiger charge is 2.20. The molecule has 0 fully saturated rings. The largest absolute Gasteiger partial charge is 0.467 e. The Morgan fingerprint density at radius 2 is 2.25 bits per heavy atom. The number of hydrogen-bond donors (Lipinski definition) is 3. The predicted octanol–water partition coefficient (Wildman–Crippen LogP) is 1.56. The lowest BCUT2D eigenvalue weighted by atomic mass is 10.2. The summed E-state index contributed by atoms with van der Waals surface area (Å²) in [6, 6.07) is 3.63. The second kappa shape index (κ2) is 8.89. The summed E-state index contributed by atoms with van der Waals surface area (Å²) < 4.78 is 6.98. The standard InChI is InChI=1S/C16H18N6O4S2/c1-2-5-22-12(17)11(13(24)19-15(22)25)10(23)8-27-16-21-20-14(28-16)18-7-9-4-3-6-26-9/h3-4,6H,2,5,7-8,17H2,1H3,(H,18,20)(H,19,24,25). The number of H-pyrrole nitrogens is 1. The minimum absolute atomic E-state index is 0.0512. The third kappa shape index (κ3) is 4.51. The van der Waals surface area contributed by atoms with Gasteiger partial charge in [-0.25, -0.2) is 4.79 Å². The molecule has 0 aliphatic carbocycles. The maximum atomic E-state index is 12.5. The number of carbonyl (C=O) groups is 1. The molecule has 0 aliphatic heterocycles. The summed E-state index contributed by atoms with van der Waals surface area (Å²) in [7, 11) is 0. The van der Waals surface area contributed by atoms with Crippen molar-refractivity contribution in [2.24, 2.45) is 0 Å². The van der Waals surface area contributed by atoms with E-state index >= 15 is 0 Å². The van der Waals surface area contributed by atoms with E-state index in [0.717, 1.165) is 17.5 Å². The van der Waals surface area contributed by atoms with E-state index in [1.165, 1.54) is 15.9 Å². The highest BCUT2D eigenvalue weighted by molar-refractivity contribution is 8.01. The van der Waals surface area contributed by atoms with Gasteiger partial charge in [0.15, 0.2) is 10.1 Å². The Kier molecular flexibility index (Phi) is 6.31. The second-order valence-electron chi connectivity index (χ2n) is 5.69. The van der Waals surface area contributed by atoms with Crippen molar-refractivity contribution in [1.29, 1.82) is 0 Å². The number of nitrogens with one attached hydrogen (secondary N) is 2. The first kappa shape index (κ1) is 19.9. The molecular formula is C16H18N6O4S2. The first-order valence-corrected chi connectivity index (χ1v) is 10.2. The van der Waals surface area contributed by atoms with Gasteiger partial charge in [-0.2, -0.15) is 0 Å². The van der Waals surface area contributed by atoms with Crippen LogP contribution in [-0.2, 0) is 13.1 Å². The molecule has 10 nitrogen and oxygen atoms in total. The minimum atomic E-state index is -0.779. The normalized spacial score (nSPS) is 10.9. The second-order valence-corrected chi connectivity index (χ2v) is 7.89. The molecule has 0 aliphatic rings. The van der Waals surface area contributed by atoms with Crippen LogP contribution in [0.15, 0.2) is 36.7 Å². The molecule has 148 valence electrons. The lowest BCUT2D eigenvalue weighted by Crippen LogP contribution is -2.36. The van der Waals surface area contributed by atoms with Crippen LogP contribution >= 0.6 is 23.1 Å². The summed E-state index contributed by atoms with van der Waals surface area (Å²) in [5.41, 5.74) is 4.29. The smallest absolute Gasteiger partial charge is 0.329 e. The van der Waals surface area contributed by atoms with Crippen LogP contribution in [0.4, 0.5) is 10.9 Å². The van der Waals surface area contributed by atoms with Crippen molar-refractivity contribution in [3.8, 4) is 0 Å². The fraction of sp³-hybridized carbons (Fsp3) is 0.312. The van der Waals surface area contributed by atoms with Gasteiger partial charge >= 0.3 is 5.69 Å². The van der Waals surface area contributed by atoms with Crippen molar-refractivity contribution in [3.63, 3.8) is 0 Å². The highest BCUT2D eigenvalue weighted by Crippen LogP contribution is 2.26. The number of nitrogen functional groups attached to an aromatic ring is 1. The topological polar surface area (TPSA) is 149 Å². The molecule has 0 unspecified atom stereocenters. The van der Waals surface area contributed by atoms with Gasteiger partial charge < -0.3 is 15.5 Å². The van der Waals surface area contributed by atoms with Gasteiger partial charge in [0.25, 0.3) is 5.56 Å². The first-order valence-electron chi connectivity index (χ1n) is 8.38. The van der Waals surface area contributed by atoms with Crippen LogP contribution in [0, 0.1) is 0 Å². The number of aromatic nitrogens is 4. The number of anilines is 2. The van der Waals surface area contributed by atoms with Gasteiger partial charge in [0.1, 0.15) is 17.1 Å². The van der Waals surface area contributed by atoms with Crippen molar-refractivity contribution >= 4 is 39.8 Å². The van der Waals surface area contributed by atoms with E-state index in [1.54, 1.807) is 12.3 Å². The molecule has 0 saturated carbocycles. The van der Waals surface area contributed by atoms with E-state index in [0.29, 0.717) is 29.0 Å². The number of thioether (sulfide) groups is 1. The molecular weight excluding hydrogens is 404 g/mol. The summed E-state index contributed by atoms with van der Waals surface area (Å²) in [5, 5.41) is 11.7. The molecule has 3 heterocycles. The van der Waals surface area contributed by atoms with E-state index in [4.69, 9.17) is 10.2 Å². The maximum Gasteiger partial charge on any atom is 0.329 e. The summed E-state index contributed by atoms with van der Waals surface area (Å²) in [6.07, 6.45) is 2.22. The van der Waals surface area contributed by atoms with Crippen LogP contribution in [-0.4, -0.2) is 31.3 Å². The van der Waals surface area contributed by atoms with E-state index in [-0.39, 0.29) is 17.1 Å². The Morgan fingerprint density at radius 3 is 2.96 bits per heavy atom. The Hall–Kier alpha value is -2.86. The predicted molar refractivity (Wildman–Crippen MR) is 107 cm³/mol. The average molecular weight is 422 g/mol. The molecule has 0 atom stereocenters. The monoisotopic (exact) mass is 422 g/mol. The molecule has 3 aromatic rings. The summed E-state index contributed by atoms with van der Waals surface area (Å²) >= 11 is 2.42. The van der Waals surface area contributed by atoms with Crippen molar-refractivity contribution in [2.75, 3.05) is 16.8 Å². The number of ketones is 1. The number of furan rings is 1. The van der Waals surface area contributed by atoms with Crippen molar-refractivity contribution < 1.29 is 9.21 Å². The highest BCUT2D eigenvalue weighted by atomic mass is 32.2. The number of aromatic amines is 1. The Balaban J connectivity index is 1.65. The van der Waals surface area contributed by atoms with Crippen molar-refractivity contribution in [1.82, 2.24) is 19.7 Å². The lowest BCUT2D eigenvalue weighted by Gasteiger charge is -2.10. The van der Waals surface area contributed by atoms with Crippen molar-refractivity contribution in [3.05, 3.63) is 50.6 Å². The molecule has 0 aromatic carbocycles. The maximum absolute atomic E-state index is 12.5. The van der Waals surface area contributed by atoms with Crippen LogP contribution in [0.1, 0.15) is 29.5 Å². The van der Waals surface area contributed by atoms with Gasteiger partial charge in [-0.3, -0.25) is 19.1 Å². The summed E-state index contributed by atoms with van der Waals surface area (Å²) in [5.74, 6) is 0.120. The fourth-order valence-corrected chi connectivity index (χ4v) is 4.04. The van der Waals surface area contributed by atoms with E-state index < -0.39 is 17.0 Å². The SMILES string of the molecule is CCCn1c(N)c(C(=O)CSc2nnc(NCc3ccco3)s2)c(=O)[nH]c1=O. The molecule has 4 N–H and O–H groups in total. The lowest BCUT2D eigenvalue weighted by molar-refractivity contribution is 0.102. The van der Waals surface area contributed by atoms with Gasteiger partial charge in [0.2, 0.25) is 5.13 Å². The fourth-order valence-electron chi connectivity index (χ4n) is 2.42. The number of Topliss-reactive ketones (excluding diaryl/α,β-unsaturated/α-hetero) is 1. The molecule has 0 spiro atoms. The van der Waals surface area contributed by atoms with Gasteiger partial charge in [-0.15, -0.1) is 10.2 Å². The third-order valence-corrected chi connectivity index (χ3v) is 5.71. The number of carbonyl (C=O) groups excluding carboxylic acids is 1. The molecule has 28 heavy (non-hydrogen) atoms.